The van der Waals surface area contributed by atoms with Gasteiger partial charge in [0.25, 0.3) is 17.7 Å². The number of aryl methyl sites for hydroxylation is 2. The molecule has 3 aromatic carbocycles. The largest absolute Gasteiger partial charge is 0.350 e. The molecule has 34 heavy (non-hydrogen) atoms. The van der Waals surface area contributed by atoms with E-state index < -0.39 is 23.5 Å². The van der Waals surface area contributed by atoms with E-state index in [2.05, 4.69) is 10.6 Å². The van der Waals surface area contributed by atoms with Crippen molar-refractivity contribution in [3.63, 3.8) is 0 Å². The number of anilines is 3. The number of halogens is 3. The SMILES string of the molecule is Cc1cc(C)cc(N2C(=O)C(Cl)=C(Nc3cccc(C(=O)Nc4ccc(F)c(Cl)c4)c3)C2=O)c1. The van der Waals surface area contributed by atoms with Gasteiger partial charge >= 0.3 is 0 Å². The van der Waals surface area contributed by atoms with Crippen molar-refractivity contribution < 1.29 is 18.8 Å². The average Bonchev–Trinajstić information content (AvgIpc) is 2.99. The lowest BCUT2D eigenvalue weighted by Gasteiger charge is -2.16. The van der Waals surface area contributed by atoms with E-state index in [-0.39, 0.29) is 21.3 Å². The quantitative estimate of drug-likeness (QED) is 0.437. The topological polar surface area (TPSA) is 78.5 Å². The number of carbonyl (C=O) groups is 3. The van der Waals surface area contributed by atoms with E-state index in [4.69, 9.17) is 23.2 Å². The molecule has 172 valence electrons. The van der Waals surface area contributed by atoms with Crippen LogP contribution in [0.3, 0.4) is 0 Å². The molecular weight excluding hydrogens is 480 g/mol. The first-order valence-electron chi connectivity index (χ1n) is 10.1. The zero-order chi connectivity index (χ0) is 24.6. The molecule has 0 unspecified atom stereocenters. The highest BCUT2D eigenvalue weighted by molar-refractivity contribution is 6.53. The smallest absolute Gasteiger partial charge is 0.283 e. The molecule has 2 N–H and O–H groups in total. The van der Waals surface area contributed by atoms with Crippen LogP contribution in [0.5, 0.6) is 0 Å². The van der Waals surface area contributed by atoms with Crippen molar-refractivity contribution in [2.75, 3.05) is 15.5 Å². The zero-order valence-electron chi connectivity index (χ0n) is 18.1. The van der Waals surface area contributed by atoms with Crippen molar-refractivity contribution in [1.82, 2.24) is 0 Å². The molecule has 1 aliphatic rings. The number of benzene rings is 3. The lowest BCUT2D eigenvalue weighted by atomic mass is 10.1. The maximum atomic E-state index is 13.3. The molecule has 0 fully saturated rings. The third kappa shape index (κ3) is 4.66. The second kappa shape index (κ2) is 9.29. The second-order valence-corrected chi connectivity index (χ2v) is 8.55. The lowest BCUT2D eigenvalue weighted by molar-refractivity contribution is -0.120. The Balaban J connectivity index is 1.55. The molecule has 0 spiro atoms. The van der Waals surface area contributed by atoms with E-state index in [9.17, 15) is 18.8 Å². The maximum Gasteiger partial charge on any atom is 0.283 e. The minimum Gasteiger partial charge on any atom is -0.350 e. The Bertz CT molecular complexity index is 1370. The number of nitrogens with zero attached hydrogens (tertiary/aromatic N) is 1. The summed E-state index contributed by atoms with van der Waals surface area (Å²) in [6.07, 6.45) is 0. The molecule has 0 aromatic heterocycles. The highest BCUT2D eigenvalue weighted by Crippen LogP contribution is 2.31. The van der Waals surface area contributed by atoms with Gasteiger partial charge in [0.1, 0.15) is 16.5 Å². The van der Waals surface area contributed by atoms with Crippen molar-refractivity contribution in [2.45, 2.75) is 13.8 Å². The summed E-state index contributed by atoms with van der Waals surface area (Å²) in [5, 5.41) is 5.12. The summed E-state index contributed by atoms with van der Waals surface area (Å²) >= 11 is 12.0. The van der Waals surface area contributed by atoms with Gasteiger partial charge in [-0.2, -0.15) is 0 Å². The third-order valence-electron chi connectivity index (χ3n) is 5.06. The molecule has 4 rings (SSSR count). The fourth-order valence-corrected chi connectivity index (χ4v) is 3.98. The maximum absolute atomic E-state index is 13.3. The standard InChI is InChI=1S/C25H18Cl2FN3O3/c1-13-8-14(2)10-18(9-13)31-24(33)21(27)22(25(31)34)29-16-5-3-4-15(11-16)23(32)30-17-6-7-20(28)19(26)12-17/h3-12,29H,1-2H3,(H,30,32). The Morgan fingerprint density at radius 1 is 0.882 bits per heavy atom. The van der Waals surface area contributed by atoms with Crippen LogP contribution in [0.4, 0.5) is 21.5 Å². The van der Waals surface area contributed by atoms with Gasteiger partial charge in [0.15, 0.2) is 0 Å². The molecule has 9 heteroatoms. The molecule has 1 heterocycles. The first kappa shape index (κ1) is 23.5. The Morgan fingerprint density at radius 3 is 2.26 bits per heavy atom. The fourth-order valence-electron chi connectivity index (χ4n) is 3.59. The van der Waals surface area contributed by atoms with Gasteiger partial charge in [-0.25, -0.2) is 9.29 Å². The molecule has 0 radical (unpaired) electrons. The minimum atomic E-state index is -0.638. The number of rotatable bonds is 5. The van der Waals surface area contributed by atoms with E-state index in [1.165, 1.54) is 18.2 Å². The van der Waals surface area contributed by atoms with Crippen molar-refractivity contribution in [2.24, 2.45) is 0 Å². The number of nitrogens with one attached hydrogen (secondary N) is 2. The van der Waals surface area contributed by atoms with Gasteiger partial charge in [-0.1, -0.05) is 35.3 Å². The van der Waals surface area contributed by atoms with Crippen LogP contribution in [-0.2, 0) is 9.59 Å². The molecule has 3 amide bonds. The Hall–Kier alpha value is -3.68. The molecule has 0 aliphatic carbocycles. The van der Waals surface area contributed by atoms with Crippen LogP contribution in [-0.4, -0.2) is 17.7 Å². The molecule has 0 atom stereocenters. The van der Waals surface area contributed by atoms with Gasteiger partial charge in [-0.05, 0) is 73.5 Å². The Morgan fingerprint density at radius 2 is 1.59 bits per heavy atom. The first-order valence-corrected chi connectivity index (χ1v) is 10.9. The Labute approximate surface area is 205 Å². The summed E-state index contributed by atoms with van der Waals surface area (Å²) in [4.78, 5) is 39.4. The number of imide groups is 1. The summed E-state index contributed by atoms with van der Waals surface area (Å²) in [5.41, 5.74) is 3.08. The summed E-state index contributed by atoms with van der Waals surface area (Å²) in [6, 6.07) is 15.5. The Kier molecular flexibility index (Phi) is 6.41. The highest BCUT2D eigenvalue weighted by atomic mass is 35.5. The molecule has 0 bridgehead atoms. The average molecular weight is 498 g/mol. The van der Waals surface area contributed by atoms with Crippen LogP contribution in [0.25, 0.3) is 0 Å². The van der Waals surface area contributed by atoms with Crippen LogP contribution >= 0.6 is 23.2 Å². The van der Waals surface area contributed by atoms with Gasteiger partial charge in [0.05, 0.1) is 10.7 Å². The van der Waals surface area contributed by atoms with Crippen LogP contribution in [0.1, 0.15) is 21.5 Å². The van der Waals surface area contributed by atoms with Gasteiger partial charge in [0, 0.05) is 16.9 Å². The lowest BCUT2D eigenvalue weighted by Crippen LogP contribution is -2.32. The molecule has 3 aromatic rings. The zero-order valence-corrected chi connectivity index (χ0v) is 19.6. The summed E-state index contributed by atoms with van der Waals surface area (Å²) in [7, 11) is 0. The van der Waals surface area contributed by atoms with Crippen molar-refractivity contribution in [1.29, 1.82) is 0 Å². The van der Waals surface area contributed by atoms with Crippen LogP contribution in [0, 0.1) is 19.7 Å². The molecule has 1 aliphatic heterocycles. The van der Waals surface area contributed by atoms with Crippen molar-refractivity contribution in [3.05, 3.63) is 98.9 Å². The minimum absolute atomic E-state index is 0.0892. The number of hydrogen-bond acceptors (Lipinski definition) is 4. The molecule has 6 nitrogen and oxygen atoms in total. The van der Waals surface area contributed by atoms with Crippen LogP contribution in [0.2, 0.25) is 5.02 Å². The highest BCUT2D eigenvalue weighted by Gasteiger charge is 2.39. The predicted octanol–water partition coefficient (Wildman–Crippen LogP) is 5.78. The van der Waals surface area contributed by atoms with Gasteiger partial charge in [-0.3, -0.25) is 14.4 Å². The van der Waals surface area contributed by atoms with Crippen LogP contribution < -0.4 is 15.5 Å². The van der Waals surface area contributed by atoms with E-state index in [1.54, 1.807) is 30.3 Å². The summed E-state index contributed by atoms with van der Waals surface area (Å²) in [5.74, 6) is -2.31. The monoisotopic (exact) mass is 497 g/mol. The fraction of sp³-hybridized carbons (Fsp3) is 0.0800. The molecule has 0 saturated heterocycles. The first-order chi connectivity index (χ1) is 16.1. The number of carbonyl (C=O) groups excluding carboxylic acids is 3. The van der Waals surface area contributed by atoms with E-state index in [1.807, 2.05) is 19.9 Å². The van der Waals surface area contributed by atoms with Gasteiger partial charge in [-0.15, -0.1) is 0 Å². The van der Waals surface area contributed by atoms with Crippen molar-refractivity contribution >= 4 is 58.0 Å². The number of hydrogen-bond donors (Lipinski definition) is 2. The van der Waals surface area contributed by atoms with Crippen molar-refractivity contribution in [3.8, 4) is 0 Å². The van der Waals surface area contributed by atoms with E-state index in [0.29, 0.717) is 17.1 Å². The summed E-state index contributed by atoms with van der Waals surface area (Å²) < 4.78 is 13.3. The molecule has 0 saturated carbocycles. The summed E-state index contributed by atoms with van der Waals surface area (Å²) in [6.45, 7) is 3.73. The normalized spacial score (nSPS) is 13.5. The van der Waals surface area contributed by atoms with E-state index in [0.717, 1.165) is 22.1 Å². The third-order valence-corrected chi connectivity index (χ3v) is 5.70. The van der Waals surface area contributed by atoms with Gasteiger partial charge in [0.2, 0.25) is 0 Å². The predicted molar refractivity (Wildman–Crippen MR) is 131 cm³/mol. The van der Waals surface area contributed by atoms with E-state index >= 15 is 0 Å². The van der Waals surface area contributed by atoms with Crippen LogP contribution in [0.15, 0.2) is 71.4 Å². The molecular formula is C25H18Cl2FN3O3. The second-order valence-electron chi connectivity index (χ2n) is 7.77. The van der Waals surface area contributed by atoms with Gasteiger partial charge < -0.3 is 10.6 Å². The number of amides is 3.